The third-order valence-corrected chi connectivity index (χ3v) is 7.14. The van der Waals surface area contributed by atoms with Crippen LogP contribution < -0.4 is 0 Å². The van der Waals surface area contributed by atoms with Gasteiger partial charge >= 0.3 is 0 Å². The van der Waals surface area contributed by atoms with Crippen LogP contribution in [0, 0.1) is 6.92 Å². The van der Waals surface area contributed by atoms with E-state index in [9.17, 15) is 13.2 Å². The van der Waals surface area contributed by atoms with E-state index in [1.807, 2.05) is 13.8 Å². The lowest BCUT2D eigenvalue weighted by molar-refractivity contribution is -0.128. The Hall–Kier alpha value is -0.440. The monoisotopic (exact) mass is 382 g/mol. The zero-order chi connectivity index (χ0) is 15.5. The number of carbonyl (C=O) groups excluding carboxylic acids is 1. The molecule has 0 aliphatic rings. The van der Waals surface area contributed by atoms with Crippen LogP contribution in [0.25, 0.3) is 0 Å². The summed E-state index contributed by atoms with van der Waals surface area (Å²) in [6, 6.07) is 1.63. The summed E-state index contributed by atoms with van der Waals surface area (Å²) < 4.78 is 27.5. The van der Waals surface area contributed by atoms with Crippen molar-refractivity contribution in [2.45, 2.75) is 24.5 Å². The van der Waals surface area contributed by atoms with Gasteiger partial charge in [0.25, 0.3) is 10.0 Å². The first kappa shape index (κ1) is 17.6. The minimum Gasteiger partial charge on any atom is -0.348 e. The molecule has 0 saturated carbocycles. The van der Waals surface area contributed by atoms with Gasteiger partial charge in [-0.25, -0.2) is 8.42 Å². The predicted molar refractivity (Wildman–Crippen MR) is 84.5 cm³/mol. The summed E-state index contributed by atoms with van der Waals surface area (Å²) in [6.07, 6.45) is 0.658. The number of rotatable bonds is 6. The molecule has 114 valence electrons. The summed E-state index contributed by atoms with van der Waals surface area (Å²) in [7, 11) is -0.387. The van der Waals surface area contributed by atoms with Crippen molar-refractivity contribution in [3.8, 4) is 0 Å². The van der Waals surface area contributed by atoms with E-state index in [2.05, 4.69) is 15.9 Å². The lowest BCUT2D eigenvalue weighted by Gasteiger charge is -2.22. The van der Waals surface area contributed by atoms with Gasteiger partial charge in [0, 0.05) is 20.6 Å². The molecule has 1 aromatic heterocycles. The average molecular weight is 383 g/mol. The highest BCUT2D eigenvalue weighted by Crippen LogP contribution is 2.32. The Labute approximate surface area is 132 Å². The summed E-state index contributed by atoms with van der Waals surface area (Å²) in [5.41, 5.74) is 0.879. The van der Waals surface area contributed by atoms with Gasteiger partial charge in [-0.1, -0.05) is 6.92 Å². The Morgan fingerprint density at radius 2 is 2.00 bits per heavy atom. The van der Waals surface area contributed by atoms with E-state index in [-0.39, 0.29) is 16.7 Å². The molecule has 1 heterocycles. The van der Waals surface area contributed by atoms with E-state index in [0.29, 0.717) is 13.0 Å². The van der Waals surface area contributed by atoms with Crippen LogP contribution in [0.1, 0.15) is 18.9 Å². The SMILES string of the molecule is CCCN(CC(=O)N(C)C)S(=O)(=O)c1cc(C)c(Br)s1. The fraction of sp³-hybridized carbons (Fsp3) is 0.583. The van der Waals surface area contributed by atoms with Gasteiger partial charge in [0.15, 0.2) is 0 Å². The molecule has 0 bridgehead atoms. The number of hydrogen-bond donors (Lipinski definition) is 0. The molecular formula is C12H19BrN2O3S2. The van der Waals surface area contributed by atoms with Crippen LogP contribution >= 0.6 is 27.3 Å². The first-order valence-electron chi connectivity index (χ1n) is 6.16. The van der Waals surface area contributed by atoms with Gasteiger partial charge in [0.1, 0.15) is 4.21 Å². The maximum absolute atomic E-state index is 12.6. The standard InChI is InChI=1S/C12H19BrN2O3S2/c1-5-6-15(8-10(16)14(3)4)20(17,18)11-7-9(2)12(13)19-11/h7H,5-6,8H2,1-4H3. The Bertz CT molecular complexity index is 562. The second kappa shape index (κ2) is 7.02. The zero-order valence-electron chi connectivity index (χ0n) is 12.0. The molecule has 0 N–H and O–H groups in total. The average Bonchev–Trinajstić information content (AvgIpc) is 2.69. The number of carbonyl (C=O) groups is 1. The molecule has 1 rings (SSSR count). The van der Waals surface area contributed by atoms with E-state index in [1.54, 1.807) is 20.2 Å². The Morgan fingerprint density at radius 1 is 1.40 bits per heavy atom. The molecule has 0 unspecified atom stereocenters. The number of amides is 1. The van der Waals surface area contributed by atoms with Crippen molar-refractivity contribution in [2.24, 2.45) is 0 Å². The summed E-state index contributed by atoms with van der Waals surface area (Å²) in [5.74, 6) is -0.227. The second-order valence-electron chi connectivity index (χ2n) is 4.65. The molecule has 1 aromatic rings. The van der Waals surface area contributed by atoms with E-state index >= 15 is 0 Å². The molecule has 0 fully saturated rings. The number of hydrogen-bond acceptors (Lipinski definition) is 4. The van der Waals surface area contributed by atoms with Gasteiger partial charge in [-0.3, -0.25) is 4.79 Å². The maximum atomic E-state index is 12.6. The molecule has 8 heteroatoms. The number of aryl methyl sites for hydroxylation is 1. The highest BCUT2D eigenvalue weighted by Gasteiger charge is 2.28. The van der Waals surface area contributed by atoms with Gasteiger partial charge < -0.3 is 4.90 Å². The molecule has 0 atom stereocenters. The fourth-order valence-corrected chi connectivity index (χ4v) is 5.37. The van der Waals surface area contributed by atoms with E-state index in [1.165, 1.54) is 20.5 Å². The van der Waals surface area contributed by atoms with E-state index < -0.39 is 10.0 Å². The summed E-state index contributed by atoms with van der Waals surface area (Å²) in [6.45, 7) is 3.93. The minimum absolute atomic E-state index is 0.127. The summed E-state index contributed by atoms with van der Waals surface area (Å²) in [5, 5.41) is 0. The number of nitrogens with zero attached hydrogens (tertiary/aromatic N) is 2. The molecule has 1 amide bonds. The number of likely N-dealkylation sites (N-methyl/N-ethyl adjacent to an activating group) is 1. The minimum atomic E-state index is -3.62. The van der Waals surface area contributed by atoms with Crippen molar-refractivity contribution in [1.29, 1.82) is 0 Å². The number of halogens is 1. The van der Waals surface area contributed by atoms with Crippen LogP contribution in [0.2, 0.25) is 0 Å². The predicted octanol–water partition coefficient (Wildman–Crippen LogP) is 2.31. The van der Waals surface area contributed by atoms with Crippen LogP contribution in [0.5, 0.6) is 0 Å². The first-order chi connectivity index (χ1) is 9.20. The molecule has 0 saturated heterocycles. The molecule has 20 heavy (non-hydrogen) atoms. The highest BCUT2D eigenvalue weighted by molar-refractivity contribution is 9.11. The lowest BCUT2D eigenvalue weighted by atomic mass is 10.4. The van der Waals surface area contributed by atoms with Gasteiger partial charge in [-0.05, 0) is 40.9 Å². The van der Waals surface area contributed by atoms with Crippen molar-refractivity contribution in [3.05, 3.63) is 15.4 Å². The first-order valence-corrected chi connectivity index (χ1v) is 9.21. The van der Waals surface area contributed by atoms with E-state index in [0.717, 1.165) is 9.35 Å². The lowest BCUT2D eigenvalue weighted by Crippen LogP contribution is -2.40. The van der Waals surface area contributed by atoms with Crippen molar-refractivity contribution in [1.82, 2.24) is 9.21 Å². The molecule has 0 spiro atoms. The van der Waals surface area contributed by atoms with Crippen molar-refractivity contribution < 1.29 is 13.2 Å². The van der Waals surface area contributed by atoms with Crippen LogP contribution in [-0.2, 0) is 14.8 Å². The molecular weight excluding hydrogens is 364 g/mol. The van der Waals surface area contributed by atoms with Crippen LogP contribution in [0.15, 0.2) is 14.1 Å². The van der Waals surface area contributed by atoms with Gasteiger partial charge in [0.05, 0.1) is 10.3 Å². The second-order valence-corrected chi connectivity index (χ2v) is 9.18. The molecule has 0 aromatic carbocycles. The third kappa shape index (κ3) is 4.03. The highest BCUT2D eigenvalue weighted by atomic mass is 79.9. The van der Waals surface area contributed by atoms with Gasteiger partial charge in [-0.15, -0.1) is 11.3 Å². The smallest absolute Gasteiger partial charge is 0.253 e. The Morgan fingerprint density at radius 3 is 2.40 bits per heavy atom. The van der Waals surface area contributed by atoms with Crippen molar-refractivity contribution in [2.75, 3.05) is 27.2 Å². The third-order valence-electron chi connectivity index (χ3n) is 2.71. The Balaban J connectivity index is 3.09. The van der Waals surface area contributed by atoms with Gasteiger partial charge in [-0.2, -0.15) is 4.31 Å². The largest absolute Gasteiger partial charge is 0.348 e. The quantitative estimate of drug-likeness (QED) is 0.758. The topological polar surface area (TPSA) is 57.7 Å². The molecule has 5 nitrogen and oxygen atoms in total. The van der Waals surface area contributed by atoms with E-state index in [4.69, 9.17) is 0 Å². The van der Waals surface area contributed by atoms with Crippen LogP contribution in [0.3, 0.4) is 0 Å². The van der Waals surface area contributed by atoms with Crippen LogP contribution in [-0.4, -0.2) is 50.7 Å². The number of sulfonamides is 1. The van der Waals surface area contributed by atoms with Crippen molar-refractivity contribution in [3.63, 3.8) is 0 Å². The maximum Gasteiger partial charge on any atom is 0.253 e. The summed E-state index contributed by atoms with van der Waals surface area (Å²) in [4.78, 5) is 13.2. The Kier molecular flexibility index (Phi) is 6.18. The van der Waals surface area contributed by atoms with Crippen LogP contribution in [0.4, 0.5) is 0 Å². The fourth-order valence-electron chi connectivity index (χ4n) is 1.51. The summed E-state index contributed by atoms with van der Waals surface area (Å²) >= 11 is 4.50. The molecule has 0 radical (unpaired) electrons. The zero-order valence-corrected chi connectivity index (χ0v) is 15.2. The normalized spacial score (nSPS) is 11.9. The van der Waals surface area contributed by atoms with Crippen molar-refractivity contribution >= 4 is 43.2 Å². The number of thiophene rings is 1. The van der Waals surface area contributed by atoms with Gasteiger partial charge in [0.2, 0.25) is 5.91 Å². The molecule has 0 aliphatic heterocycles. The molecule has 0 aliphatic carbocycles.